The van der Waals surface area contributed by atoms with Crippen LogP contribution in [0.1, 0.15) is 5.56 Å². The highest BCUT2D eigenvalue weighted by molar-refractivity contribution is 7.92. The molecule has 0 aliphatic heterocycles. The van der Waals surface area contributed by atoms with E-state index in [1.807, 2.05) is 6.07 Å². The Balaban J connectivity index is 2.38. The fourth-order valence-electron chi connectivity index (χ4n) is 1.77. The lowest BCUT2D eigenvalue weighted by molar-refractivity contribution is -0.383. The molecule has 21 heavy (non-hydrogen) atoms. The second kappa shape index (κ2) is 5.78. The normalized spacial score (nSPS) is 11.3. The van der Waals surface area contributed by atoms with E-state index in [9.17, 15) is 18.5 Å². The standard InChI is InChI=1S/C12H13N3O4S2/c1-14(8-9-4-3-5-13-7-9)12-10(15(16)17)6-11(20-12)21(2,18)19/h3-7H,8H2,1-2H3. The van der Waals surface area contributed by atoms with Gasteiger partial charge in [0, 0.05) is 38.3 Å². The van der Waals surface area contributed by atoms with Crippen molar-refractivity contribution in [2.45, 2.75) is 10.8 Å². The molecule has 0 atom stereocenters. The quantitative estimate of drug-likeness (QED) is 0.616. The molecule has 9 heteroatoms. The largest absolute Gasteiger partial charge is 0.356 e. The van der Waals surface area contributed by atoms with Crippen LogP contribution in [0.4, 0.5) is 10.7 Å². The maximum Gasteiger partial charge on any atom is 0.305 e. The number of hydrogen-bond acceptors (Lipinski definition) is 7. The summed E-state index contributed by atoms with van der Waals surface area (Å²) in [4.78, 5) is 16.2. The topological polar surface area (TPSA) is 93.4 Å². The Morgan fingerprint density at radius 3 is 2.71 bits per heavy atom. The van der Waals surface area contributed by atoms with Crippen LogP contribution >= 0.6 is 11.3 Å². The summed E-state index contributed by atoms with van der Waals surface area (Å²) in [6, 6.07) is 4.73. The van der Waals surface area contributed by atoms with Crippen molar-refractivity contribution in [3.63, 3.8) is 0 Å². The van der Waals surface area contributed by atoms with Gasteiger partial charge in [-0.15, -0.1) is 0 Å². The van der Waals surface area contributed by atoms with Crippen molar-refractivity contribution in [3.05, 3.63) is 46.3 Å². The zero-order chi connectivity index (χ0) is 15.6. The molecule has 0 saturated carbocycles. The van der Waals surface area contributed by atoms with Crippen LogP contribution in [0, 0.1) is 10.1 Å². The molecule has 0 bridgehead atoms. The van der Waals surface area contributed by atoms with Crippen molar-refractivity contribution in [3.8, 4) is 0 Å². The number of nitro groups is 1. The zero-order valence-corrected chi connectivity index (χ0v) is 13.0. The van der Waals surface area contributed by atoms with Gasteiger partial charge in [0.1, 0.15) is 4.21 Å². The summed E-state index contributed by atoms with van der Waals surface area (Å²) in [5, 5.41) is 11.4. The molecule has 0 N–H and O–H groups in total. The summed E-state index contributed by atoms with van der Waals surface area (Å²) in [6.45, 7) is 0.401. The van der Waals surface area contributed by atoms with E-state index in [2.05, 4.69) is 4.98 Å². The molecule has 0 fully saturated rings. The third-order valence-corrected chi connectivity index (χ3v) is 5.76. The highest BCUT2D eigenvalue weighted by Gasteiger charge is 2.26. The minimum Gasteiger partial charge on any atom is -0.356 e. The van der Waals surface area contributed by atoms with Crippen molar-refractivity contribution in [1.29, 1.82) is 0 Å². The van der Waals surface area contributed by atoms with E-state index in [1.54, 1.807) is 30.4 Å². The van der Waals surface area contributed by atoms with Crippen LogP contribution in [0.5, 0.6) is 0 Å². The third-order valence-electron chi connectivity index (χ3n) is 2.72. The van der Waals surface area contributed by atoms with E-state index < -0.39 is 14.8 Å². The Bertz CT molecular complexity index is 756. The van der Waals surface area contributed by atoms with Gasteiger partial charge in [-0.1, -0.05) is 17.4 Å². The smallest absolute Gasteiger partial charge is 0.305 e. The summed E-state index contributed by atoms with van der Waals surface area (Å²) in [6.07, 6.45) is 4.33. The minimum atomic E-state index is -3.47. The molecule has 0 aromatic carbocycles. The highest BCUT2D eigenvalue weighted by Crippen LogP contribution is 2.39. The predicted molar refractivity (Wildman–Crippen MR) is 80.4 cm³/mol. The number of aromatic nitrogens is 1. The molecule has 0 saturated heterocycles. The van der Waals surface area contributed by atoms with E-state index in [4.69, 9.17) is 0 Å². The molecule has 0 spiro atoms. The minimum absolute atomic E-state index is 0.0118. The van der Waals surface area contributed by atoms with Crippen molar-refractivity contribution in [2.75, 3.05) is 18.2 Å². The van der Waals surface area contributed by atoms with Gasteiger partial charge in [0.05, 0.1) is 4.92 Å². The molecule has 7 nitrogen and oxygen atoms in total. The summed E-state index contributed by atoms with van der Waals surface area (Å²) in [7, 11) is -1.79. The summed E-state index contributed by atoms with van der Waals surface area (Å²) >= 11 is 0.898. The SMILES string of the molecule is CN(Cc1cccnc1)c1sc(S(C)(=O)=O)cc1[N+](=O)[O-]. The Kier molecular flexibility index (Phi) is 4.24. The molecule has 2 aromatic heterocycles. The third kappa shape index (κ3) is 3.56. The number of sulfone groups is 1. The fraction of sp³-hybridized carbons (Fsp3) is 0.250. The van der Waals surface area contributed by atoms with Crippen LogP contribution in [0.25, 0.3) is 0 Å². The van der Waals surface area contributed by atoms with Crippen LogP contribution < -0.4 is 4.90 Å². The lowest BCUT2D eigenvalue weighted by Crippen LogP contribution is -2.16. The number of hydrogen-bond donors (Lipinski definition) is 0. The number of thiophene rings is 1. The van der Waals surface area contributed by atoms with E-state index in [-0.39, 0.29) is 9.90 Å². The molecule has 0 amide bonds. The monoisotopic (exact) mass is 327 g/mol. The lowest BCUT2D eigenvalue weighted by atomic mass is 10.3. The van der Waals surface area contributed by atoms with Gasteiger partial charge in [-0.25, -0.2) is 8.42 Å². The van der Waals surface area contributed by atoms with E-state index >= 15 is 0 Å². The maximum atomic E-state index is 11.6. The first-order valence-corrected chi connectivity index (χ1v) is 8.58. The molecule has 2 rings (SSSR count). The molecule has 112 valence electrons. The first-order chi connectivity index (χ1) is 9.79. The average molecular weight is 327 g/mol. The molecule has 0 aliphatic rings. The van der Waals surface area contributed by atoms with Crippen LogP contribution in [-0.4, -0.2) is 31.6 Å². The number of anilines is 1. The molecule has 2 aromatic rings. The fourth-order valence-corrected chi connectivity index (χ4v) is 3.76. The van der Waals surface area contributed by atoms with Gasteiger partial charge in [-0.3, -0.25) is 15.1 Å². The van der Waals surface area contributed by atoms with Gasteiger partial charge in [-0.05, 0) is 11.6 Å². The van der Waals surface area contributed by atoms with Gasteiger partial charge in [0.15, 0.2) is 14.8 Å². The lowest BCUT2D eigenvalue weighted by Gasteiger charge is -2.16. The molecule has 2 heterocycles. The van der Waals surface area contributed by atoms with Crippen LogP contribution in [-0.2, 0) is 16.4 Å². The zero-order valence-electron chi connectivity index (χ0n) is 11.4. The molecular weight excluding hydrogens is 314 g/mol. The first kappa shape index (κ1) is 15.4. The highest BCUT2D eigenvalue weighted by atomic mass is 32.2. The van der Waals surface area contributed by atoms with Crippen LogP contribution in [0.15, 0.2) is 34.8 Å². The van der Waals surface area contributed by atoms with Gasteiger partial charge in [-0.2, -0.15) is 0 Å². The number of pyridine rings is 1. The van der Waals surface area contributed by atoms with Gasteiger partial charge in [0.2, 0.25) is 0 Å². The Hall–Kier alpha value is -2.00. The number of rotatable bonds is 5. The average Bonchev–Trinajstić information content (AvgIpc) is 2.85. The van der Waals surface area contributed by atoms with Crippen molar-refractivity contribution < 1.29 is 13.3 Å². The Labute approximate surface area is 125 Å². The van der Waals surface area contributed by atoms with Gasteiger partial charge < -0.3 is 4.90 Å². The first-order valence-electron chi connectivity index (χ1n) is 5.87. The van der Waals surface area contributed by atoms with E-state index in [1.165, 1.54) is 0 Å². The van der Waals surface area contributed by atoms with E-state index in [0.29, 0.717) is 11.5 Å². The summed E-state index contributed by atoms with van der Waals surface area (Å²) in [5.74, 6) is 0. The molecule has 0 radical (unpaired) electrons. The van der Waals surface area contributed by atoms with Crippen molar-refractivity contribution in [1.82, 2.24) is 4.98 Å². The Morgan fingerprint density at radius 2 is 2.19 bits per heavy atom. The molecular formula is C12H13N3O4S2. The van der Waals surface area contributed by atoms with E-state index in [0.717, 1.165) is 29.2 Å². The van der Waals surface area contributed by atoms with Gasteiger partial charge >= 0.3 is 5.69 Å². The number of nitrogens with zero attached hydrogens (tertiary/aromatic N) is 3. The molecule has 0 unspecified atom stereocenters. The van der Waals surface area contributed by atoms with Crippen LogP contribution in [0.3, 0.4) is 0 Å². The Morgan fingerprint density at radius 1 is 1.48 bits per heavy atom. The second-order valence-corrected chi connectivity index (χ2v) is 7.78. The van der Waals surface area contributed by atoms with Crippen molar-refractivity contribution >= 4 is 31.9 Å². The predicted octanol–water partition coefficient (Wildman–Crippen LogP) is 2.09. The van der Waals surface area contributed by atoms with Crippen molar-refractivity contribution in [2.24, 2.45) is 0 Å². The molecule has 0 aliphatic carbocycles. The van der Waals surface area contributed by atoms with Crippen LogP contribution in [0.2, 0.25) is 0 Å². The second-order valence-electron chi connectivity index (χ2n) is 4.50. The maximum absolute atomic E-state index is 11.6. The summed E-state index contributed by atoms with van der Waals surface area (Å²) < 4.78 is 23.1. The van der Waals surface area contributed by atoms with Gasteiger partial charge in [0.25, 0.3) is 0 Å². The summed E-state index contributed by atoms with van der Waals surface area (Å²) in [5.41, 5.74) is 0.676.